The lowest BCUT2D eigenvalue weighted by Gasteiger charge is -2.35. The van der Waals surface area contributed by atoms with Crippen molar-refractivity contribution in [1.82, 2.24) is 19.2 Å². The van der Waals surface area contributed by atoms with Crippen LogP contribution in [0.1, 0.15) is 74.0 Å². The number of nitrogens with zero attached hydrogens (tertiary/aromatic N) is 6. The van der Waals surface area contributed by atoms with E-state index < -0.39 is 29.4 Å². The number of fused-ring (bicyclic) bond motifs is 2. The molecule has 0 spiro atoms. The molecule has 0 amide bonds. The molecule has 0 bridgehead atoms. The number of carbonyl (C=O) groups is 1. The van der Waals surface area contributed by atoms with Gasteiger partial charge >= 0.3 is 17.8 Å². The van der Waals surface area contributed by atoms with E-state index >= 15 is 0 Å². The lowest BCUT2D eigenvalue weighted by molar-refractivity contribution is -0.138. The van der Waals surface area contributed by atoms with Crippen LogP contribution in [0, 0.1) is 11.3 Å². The second kappa shape index (κ2) is 14.9. The minimum absolute atomic E-state index is 0.00770. The largest absolute Gasteiger partial charge is 0.466 e. The highest BCUT2D eigenvalue weighted by molar-refractivity contribution is 5.93. The first-order valence-corrected chi connectivity index (χ1v) is 17.3. The smallest absolute Gasteiger partial charge is 0.416 e. The van der Waals surface area contributed by atoms with Crippen LogP contribution in [0.25, 0.3) is 6.08 Å². The molecule has 0 N–H and O–H groups in total. The maximum absolute atomic E-state index is 14.4. The first kappa shape index (κ1) is 37.3. The fraction of sp³-hybridized carbons (Fsp3) is 0.350. The van der Waals surface area contributed by atoms with Gasteiger partial charge in [-0.3, -0.25) is 9.80 Å². The highest BCUT2D eigenvalue weighted by atomic mass is 19.4. The number of hydrogen-bond donors (Lipinski definition) is 0. The monoisotopic (exact) mass is 726 g/mol. The van der Waals surface area contributed by atoms with Gasteiger partial charge in [0.1, 0.15) is 6.04 Å². The number of anilines is 2. The third-order valence-corrected chi connectivity index (χ3v) is 9.40. The third-order valence-electron chi connectivity index (χ3n) is 9.40. The topological polar surface area (TPSA) is 106 Å². The molecule has 0 fully saturated rings. The summed E-state index contributed by atoms with van der Waals surface area (Å²) in [4.78, 5) is 31.7. The first-order valence-electron chi connectivity index (χ1n) is 17.3. The summed E-state index contributed by atoms with van der Waals surface area (Å²) in [6.45, 7) is 9.48. The zero-order valence-electron chi connectivity index (χ0n) is 30.2. The van der Waals surface area contributed by atoms with Gasteiger partial charge in [0.15, 0.2) is 0 Å². The van der Waals surface area contributed by atoms with Crippen LogP contribution in [0.15, 0.2) is 94.9 Å². The summed E-state index contributed by atoms with van der Waals surface area (Å²) in [5, 5.41) is 14.1. The van der Waals surface area contributed by atoms with Crippen molar-refractivity contribution in [2.24, 2.45) is 0 Å². The Morgan fingerprint density at radius 1 is 1.02 bits per heavy atom. The summed E-state index contributed by atoms with van der Waals surface area (Å²) in [5.41, 5.74) is 1.76. The van der Waals surface area contributed by atoms with E-state index in [0.717, 1.165) is 17.7 Å². The van der Waals surface area contributed by atoms with Crippen LogP contribution < -0.4 is 10.6 Å². The first-order chi connectivity index (χ1) is 25.2. The summed E-state index contributed by atoms with van der Waals surface area (Å²) < 4.78 is 55.6. The van der Waals surface area contributed by atoms with Gasteiger partial charge in [-0.15, -0.1) is 5.10 Å². The molecule has 6 rings (SSSR count). The lowest BCUT2D eigenvalue weighted by atomic mass is 9.93. The molecule has 3 aromatic carbocycles. The second-order valence-corrected chi connectivity index (χ2v) is 14.0. The van der Waals surface area contributed by atoms with Gasteiger partial charge < -0.3 is 9.47 Å². The minimum atomic E-state index is -4.64. The Morgan fingerprint density at radius 2 is 1.75 bits per heavy atom. The number of aryl methyl sites for hydroxylation is 1. The molecule has 2 unspecified atom stereocenters. The Kier molecular flexibility index (Phi) is 10.5. The number of nitriles is 1. The van der Waals surface area contributed by atoms with Gasteiger partial charge in [0.2, 0.25) is 5.95 Å². The summed E-state index contributed by atoms with van der Waals surface area (Å²) in [6.07, 6.45) is 0.115. The van der Waals surface area contributed by atoms with Crippen molar-refractivity contribution in [3.8, 4) is 6.07 Å². The molecule has 4 aromatic rings. The second-order valence-electron chi connectivity index (χ2n) is 14.0. The summed E-state index contributed by atoms with van der Waals surface area (Å²) in [7, 11) is 1.20. The van der Waals surface area contributed by atoms with Gasteiger partial charge in [0, 0.05) is 31.0 Å². The Morgan fingerprint density at radius 3 is 2.43 bits per heavy atom. The SMILES string of the molecule is COC(=O)C1=C(C)N(c2cccc(C(F)(F)F)c2)c2nn(CCCN(CCOC(C)(C)C)C3C=Cc4ccccc43)c(=O)n2C1c1ccc(C#N)cc1. The fourth-order valence-corrected chi connectivity index (χ4v) is 6.92. The number of halogens is 3. The molecule has 276 valence electrons. The number of esters is 1. The Hall–Kier alpha value is -5.45. The number of aromatic nitrogens is 3. The maximum atomic E-state index is 14.4. The van der Waals surface area contributed by atoms with E-state index in [4.69, 9.17) is 14.6 Å². The molecule has 0 saturated heterocycles. The summed E-state index contributed by atoms with van der Waals surface area (Å²) in [5.74, 6) is -0.728. The molecule has 1 aromatic heterocycles. The van der Waals surface area contributed by atoms with Gasteiger partial charge in [-0.25, -0.2) is 18.8 Å². The number of carbonyl (C=O) groups excluding carboxylic acids is 1. The zero-order chi connectivity index (χ0) is 38.1. The van der Waals surface area contributed by atoms with E-state index in [2.05, 4.69) is 35.3 Å². The van der Waals surface area contributed by atoms with Crippen molar-refractivity contribution in [2.75, 3.05) is 31.7 Å². The summed E-state index contributed by atoms with van der Waals surface area (Å²) >= 11 is 0. The van der Waals surface area contributed by atoms with E-state index in [1.807, 2.05) is 32.9 Å². The van der Waals surface area contributed by atoms with Crippen LogP contribution in [0.5, 0.6) is 0 Å². The van der Waals surface area contributed by atoms with Crippen LogP contribution in [0.2, 0.25) is 0 Å². The Bertz CT molecular complexity index is 2150. The zero-order valence-corrected chi connectivity index (χ0v) is 30.2. The van der Waals surface area contributed by atoms with Crippen molar-refractivity contribution in [2.45, 2.75) is 64.5 Å². The highest BCUT2D eigenvalue weighted by Gasteiger charge is 2.41. The number of ether oxygens (including phenoxy) is 2. The summed E-state index contributed by atoms with van der Waals surface area (Å²) in [6, 6.07) is 20.3. The van der Waals surface area contributed by atoms with Gasteiger partial charge in [0.25, 0.3) is 0 Å². The standard InChI is InChI=1S/C40H41F3N6O4/c1-26-34(36(50)52-5)35(29-16-14-27(25-44)15-17-29)49-37(48(26)31-12-8-11-30(24-31)40(41,42)43)45-47(38(49)51)21-9-20-46(22-23-53-39(2,3)4)33-19-18-28-10-6-7-13-32(28)33/h6-8,10-19,24,33,35H,9,20-23H2,1-5H3. The van der Waals surface area contributed by atoms with E-state index in [0.29, 0.717) is 37.2 Å². The molecule has 13 heteroatoms. The molecule has 2 aliphatic rings. The van der Waals surface area contributed by atoms with Crippen LogP contribution in [-0.2, 0) is 27.0 Å². The third kappa shape index (κ3) is 7.70. The molecule has 2 atom stereocenters. The van der Waals surface area contributed by atoms with E-state index in [1.165, 1.54) is 39.0 Å². The molecule has 0 saturated carbocycles. The quantitative estimate of drug-likeness (QED) is 0.147. The van der Waals surface area contributed by atoms with Crippen molar-refractivity contribution >= 4 is 23.7 Å². The average Bonchev–Trinajstić information content (AvgIpc) is 3.70. The number of methoxy groups -OCH3 is 1. The number of hydrogen-bond acceptors (Lipinski definition) is 8. The van der Waals surface area contributed by atoms with Gasteiger partial charge in [-0.05, 0) is 81.1 Å². The van der Waals surface area contributed by atoms with Crippen LogP contribution in [0.3, 0.4) is 0 Å². The predicted molar refractivity (Wildman–Crippen MR) is 194 cm³/mol. The van der Waals surface area contributed by atoms with E-state index in [1.54, 1.807) is 31.2 Å². The Labute approximate surface area is 306 Å². The molecular weight excluding hydrogens is 685 g/mol. The van der Waals surface area contributed by atoms with Crippen LogP contribution in [0.4, 0.5) is 24.8 Å². The van der Waals surface area contributed by atoms with Crippen LogP contribution >= 0.6 is 0 Å². The normalized spacial score (nSPS) is 16.9. The van der Waals surface area contributed by atoms with Crippen molar-refractivity contribution in [3.05, 3.63) is 128 Å². The highest BCUT2D eigenvalue weighted by Crippen LogP contribution is 2.43. The molecule has 1 aliphatic heterocycles. The van der Waals surface area contributed by atoms with Crippen molar-refractivity contribution in [3.63, 3.8) is 0 Å². The molecular formula is C40H41F3N6O4. The lowest BCUT2D eigenvalue weighted by Crippen LogP contribution is -2.38. The van der Waals surface area contributed by atoms with E-state index in [9.17, 15) is 28.0 Å². The molecule has 1 aliphatic carbocycles. The number of alkyl halides is 3. The Balaban J connectivity index is 1.40. The number of rotatable bonds is 11. The van der Waals surface area contributed by atoms with Gasteiger partial charge in [-0.2, -0.15) is 18.4 Å². The number of benzene rings is 3. The van der Waals surface area contributed by atoms with Gasteiger partial charge in [-0.1, -0.05) is 54.6 Å². The predicted octanol–water partition coefficient (Wildman–Crippen LogP) is 7.40. The molecule has 10 nitrogen and oxygen atoms in total. The van der Waals surface area contributed by atoms with E-state index in [-0.39, 0.29) is 41.1 Å². The molecule has 2 heterocycles. The molecule has 53 heavy (non-hydrogen) atoms. The van der Waals surface area contributed by atoms with Crippen molar-refractivity contribution < 1.29 is 27.4 Å². The fourth-order valence-electron chi connectivity index (χ4n) is 6.92. The van der Waals surface area contributed by atoms with Gasteiger partial charge in [0.05, 0.1) is 48.1 Å². The van der Waals surface area contributed by atoms with Crippen molar-refractivity contribution in [1.29, 1.82) is 5.26 Å². The van der Waals surface area contributed by atoms with Crippen LogP contribution in [-0.4, -0.2) is 57.6 Å². The number of allylic oxidation sites excluding steroid dienone is 1. The average molecular weight is 727 g/mol. The molecule has 0 radical (unpaired) electrons. The minimum Gasteiger partial charge on any atom is -0.466 e. The maximum Gasteiger partial charge on any atom is 0.416 e.